The summed E-state index contributed by atoms with van der Waals surface area (Å²) >= 11 is 0. The van der Waals surface area contributed by atoms with E-state index in [1.54, 1.807) is 30.2 Å². The molecule has 2 aromatic carbocycles. The molecule has 20 heavy (non-hydrogen) atoms. The monoisotopic (exact) mass is 273 g/mol. The topological polar surface area (TPSA) is 29.5 Å². The van der Waals surface area contributed by atoms with Crippen molar-refractivity contribution in [3.8, 4) is 5.75 Å². The van der Waals surface area contributed by atoms with Gasteiger partial charge in [-0.3, -0.25) is 9.69 Å². The molecule has 2 rings (SSSR count). The third-order valence-corrected chi connectivity index (χ3v) is 3.04. The summed E-state index contributed by atoms with van der Waals surface area (Å²) in [4.78, 5) is 13.5. The van der Waals surface area contributed by atoms with Gasteiger partial charge in [0.1, 0.15) is 11.6 Å². The fraction of sp³-hybridized carbons (Fsp3) is 0.188. The minimum Gasteiger partial charge on any atom is -0.497 e. The van der Waals surface area contributed by atoms with Gasteiger partial charge in [-0.2, -0.15) is 0 Å². The molecule has 1 amide bonds. The molecule has 0 N–H and O–H groups in total. The molecule has 0 radical (unpaired) electrons. The molecule has 0 atom stereocenters. The normalized spacial score (nSPS) is 10.2. The molecule has 0 spiro atoms. The Morgan fingerprint density at radius 3 is 2.30 bits per heavy atom. The molecule has 0 aliphatic rings. The lowest BCUT2D eigenvalue weighted by atomic mass is 10.1. The van der Waals surface area contributed by atoms with Crippen LogP contribution in [0.5, 0.6) is 5.75 Å². The lowest BCUT2D eigenvalue weighted by molar-refractivity contribution is -0.115. The maximum atomic E-state index is 13.0. The van der Waals surface area contributed by atoms with E-state index in [4.69, 9.17) is 4.74 Å². The van der Waals surface area contributed by atoms with Crippen LogP contribution in [-0.4, -0.2) is 13.0 Å². The van der Waals surface area contributed by atoms with Gasteiger partial charge in [-0.1, -0.05) is 0 Å². The Bertz CT molecular complexity index is 623. The number of benzene rings is 2. The molecule has 0 aliphatic heterocycles. The Kier molecular flexibility index (Phi) is 4.03. The van der Waals surface area contributed by atoms with Gasteiger partial charge >= 0.3 is 0 Å². The first-order chi connectivity index (χ1) is 9.52. The summed E-state index contributed by atoms with van der Waals surface area (Å²) in [5, 5.41) is 0. The zero-order valence-electron chi connectivity index (χ0n) is 11.7. The number of methoxy groups -OCH3 is 1. The molecule has 2 aromatic rings. The van der Waals surface area contributed by atoms with Crippen molar-refractivity contribution in [2.45, 2.75) is 13.8 Å². The lowest BCUT2D eigenvalue weighted by Crippen LogP contribution is -2.23. The quantitative estimate of drug-likeness (QED) is 0.850. The van der Waals surface area contributed by atoms with Gasteiger partial charge in [-0.15, -0.1) is 0 Å². The van der Waals surface area contributed by atoms with Crippen molar-refractivity contribution in [1.29, 1.82) is 0 Å². The number of carbonyl (C=O) groups is 1. The SMILES string of the molecule is COc1ccc(N(C(C)=O)c2ccc(F)cc2)c(C)c1. The average Bonchev–Trinajstić information content (AvgIpc) is 2.42. The maximum Gasteiger partial charge on any atom is 0.228 e. The van der Waals surface area contributed by atoms with E-state index in [-0.39, 0.29) is 11.7 Å². The van der Waals surface area contributed by atoms with Gasteiger partial charge in [0.25, 0.3) is 0 Å². The van der Waals surface area contributed by atoms with Crippen molar-refractivity contribution in [3.63, 3.8) is 0 Å². The zero-order chi connectivity index (χ0) is 14.7. The molecule has 0 saturated heterocycles. The number of aryl methyl sites for hydroxylation is 1. The number of hydrogen-bond acceptors (Lipinski definition) is 2. The van der Waals surface area contributed by atoms with Crippen molar-refractivity contribution in [2.75, 3.05) is 12.0 Å². The third-order valence-electron chi connectivity index (χ3n) is 3.04. The largest absolute Gasteiger partial charge is 0.497 e. The number of anilines is 2. The molecular weight excluding hydrogens is 257 g/mol. The minimum atomic E-state index is -0.330. The Morgan fingerprint density at radius 2 is 1.80 bits per heavy atom. The summed E-state index contributed by atoms with van der Waals surface area (Å²) in [6.07, 6.45) is 0. The predicted octanol–water partition coefficient (Wildman–Crippen LogP) is 3.83. The van der Waals surface area contributed by atoms with Gasteiger partial charge in [-0.25, -0.2) is 4.39 Å². The van der Waals surface area contributed by atoms with Gasteiger partial charge < -0.3 is 4.74 Å². The van der Waals surface area contributed by atoms with E-state index in [0.29, 0.717) is 5.69 Å². The number of ether oxygens (including phenoxy) is 1. The van der Waals surface area contributed by atoms with Gasteiger partial charge in [0, 0.05) is 12.6 Å². The van der Waals surface area contributed by atoms with Gasteiger partial charge in [0.2, 0.25) is 5.91 Å². The van der Waals surface area contributed by atoms with E-state index >= 15 is 0 Å². The van der Waals surface area contributed by atoms with Crippen LogP contribution in [0.15, 0.2) is 42.5 Å². The second-order valence-corrected chi connectivity index (χ2v) is 4.48. The first-order valence-corrected chi connectivity index (χ1v) is 6.24. The zero-order valence-corrected chi connectivity index (χ0v) is 11.7. The number of carbonyl (C=O) groups excluding carboxylic acids is 1. The Balaban J connectivity index is 2.49. The van der Waals surface area contributed by atoms with Crippen LogP contribution in [0.25, 0.3) is 0 Å². The van der Waals surface area contributed by atoms with Crippen LogP contribution in [0.4, 0.5) is 15.8 Å². The number of rotatable bonds is 3. The standard InChI is InChI=1S/C16H16FNO2/c1-11-10-15(20-3)8-9-16(11)18(12(2)19)14-6-4-13(17)5-7-14/h4-10H,1-3H3. The maximum absolute atomic E-state index is 13.0. The van der Waals surface area contributed by atoms with Crippen LogP contribution >= 0.6 is 0 Å². The first kappa shape index (κ1) is 14.1. The van der Waals surface area contributed by atoms with Crippen molar-refractivity contribution in [2.24, 2.45) is 0 Å². The average molecular weight is 273 g/mol. The Hall–Kier alpha value is -2.36. The number of amides is 1. The van der Waals surface area contributed by atoms with Crippen LogP contribution in [0, 0.1) is 12.7 Å². The second kappa shape index (κ2) is 5.74. The molecule has 0 bridgehead atoms. The van der Waals surface area contributed by atoms with Crippen molar-refractivity contribution < 1.29 is 13.9 Å². The molecule has 3 nitrogen and oxygen atoms in total. The second-order valence-electron chi connectivity index (χ2n) is 4.48. The fourth-order valence-corrected chi connectivity index (χ4v) is 2.09. The highest BCUT2D eigenvalue weighted by atomic mass is 19.1. The van der Waals surface area contributed by atoms with Crippen LogP contribution in [0.2, 0.25) is 0 Å². The molecule has 0 unspecified atom stereocenters. The third kappa shape index (κ3) is 2.79. The van der Waals surface area contributed by atoms with Gasteiger partial charge in [0.15, 0.2) is 0 Å². The molecule has 4 heteroatoms. The smallest absolute Gasteiger partial charge is 0.228 e. The van der Waals surface area contributed by atoms with E-state index < -0.39 is 0 Å². The van der Waals surface area contributed by atoms with Crippen LogP contribution in [0.1, 0.15) is 12.5 Å². The summed E-state index contributed by atoms with van der Waals surface area (Å²) in [5.74, 6) is 0.266. The summed E-state index contributed by atoms with van der Waals surface area (Å²) in [6.45, 7) is 3.38. The van der Waals surface area contributed by atoms with Gasteiger partial charge in [-0.05, 0) is 55.0 Å². The first-order valence-electron chi connectivity index (χ1n) is 6.24. The highest BCUT2D eigenvalue weighted by Gasteiger charge is 2.16. The van der Waals surface area contributed by atoms with E-state index in [0.717, 1.165) is 17.0 Å². The number of halogens is 1. The Labute approximate surface area is 117 Å². The molecule has 104 valence electrons. The Morgan fingerprint density at radius 1 is 1.15 bits per heavy atom. The molecule has 0 saturated carbocycles. The highest BCUT2D eigenvalue weighted by molar-refractivity contribution is 5.99. The van der Waals surface area contributed by atoms with Crippen molar-refractivity contribution in [3.05, 3.63) is 53.8 Å². The summed E-state index contributed by atoms with van der Waals surface area (Å²) in [7, 11) is 1.59. The van der Waals surface area contributed by atoms with E-state index in [2.05, 4.69) is 0 Å². The fourth-order valence-electron chi connectivity index (χ4n) is 2.09. The van der Waals surface area contributed by atoms with E-state index in [1.807, 2.05) is 19.1 Å². The molecular formula is C16H16FNO2. The van der Waals surface area contributed by atoms with E-state index in [9.17, 15) is 9.18 Å². The predicted molar refractivity (Wildman–Crippen MR) is 77.0 cm³/mol. The highest BCUT2D eigenvalue weighted by Crippen LogP contribution is 2.31. The van der Waals surface area contributed by atoms with Crippen molar-refractivity contribution in [1.82, 2.24) is 0 Å². The van der Waals surface area contributed by atoms with Gasteiger partial charge in [0.05, 0.1) is 12.8 Å². The number of nitrogens with zero attached hydrogens (tertiary/aromatic N) is 1. The minimum absolute atomic E-state index is 0.134. The molecule has 0 aromatic heterocycles. The van der Waals surface area contributed by atoms with Crippen LogP contribution in [0.3, 0.4) is 0 Å². The molecule has 0 heterocycles. The summed E-state index contributed by atoms with van der Waals surface area (Å²) in [6, 6.07) is 11.3. The molecule has 0 fully saturated rings. The van der Waals surface area contributed by atoms with E-state index in [1.165, 1.54) is 19.1 Å². The number of hydrogen-bond donors (Lipinski definition) is 0. The van der Waals surface area contributed by atoms with Crippen LogP contribution < -0.4 is 9.64 Å². The summed E-state index contributed by atoms with van der Waals surface area (Å²) in [5.41, 5.74) is 2.29. The lowest BCUT2D eigenvalue weighted by Gasteiger charge is -2.23. The van der Waals surface area contributed by atoms with Crippen molar-refractivity contribution >= 4 is 17.3 Å². The van der Waals surface area contributed by atoms with Crippen LogP contribution in [-0.2, 0) is 4.79 Å². The summed E-state index contributed by atoms with van der Waals surface area (Å²) < 4.78 is 18.2. The molecule has 0 aliphatic carbocycles.